The molecular formula is C10H19NO4S2. The Morgan fingerprint density at radius 2 is 1.41 bits per heavy atom. The zero-order chi connectivity index (χ0) is 12.5. The first-order valence-corrected chi connectivity index (χ1v) is 9.67. The van der Waals surface area contributed by atoms with E-state index in [1.165, 1.54) is 0 Å². The summed E-state index contributed by atoms with van der Waals surface area (Å²) in [4.78, 5) is 0. The molecule has 0 aromatic carbocycles. The van der Waals surface area contributed by atoms with Gasteiger partial charge >= 0.3 is 0 Å². The summed E-state index contributed by atoms with van der Waals surface area (Å²) in [6.07, 6.45) is 2.81. The van der Waals surface area contributed by atoms with E-state index in [-0.39, 0.29) is 29.3 Å². The molecule has 0 spiro atoms. The summed E-state index contributed by atoms with van der Waals surface area (Å²) in [5, 5.41) is 3.31. The van der Waals surface area contributed by atoms with E-state index >= 15 is 0 Å². The molecule has 0 aromatic rings. The van der Waals surface area contributed by atoms with Gasteiger partial charge in [-0.3, -0.25) is 0 Å². The molecule has 17 heavy (non-hydrogen) atoms. The van der Waals surface area contributed by atoms with Crippen molar-refractivity contribution in [2.24, 2.45) is 0 Å². The van der Waals surface area contributed by atoms with E-state index in [4.69, 9.17) is 0 Å². The van der Waals surface area contributed by atoms with Crippen LogP contribution in [-0.4, -0.2) is 51.9 Å². The average Bonchev–Trinajstić information content (AvgIpc) is 2.20. The Hall–Kier alpha value is -0.140. The van der Waals surface area contributed by atoms with Crippen molar-refractivity contribution in [3.63, 3.8) is 0 Å². The average molecular weight is 281 g/mol. The third kappa shape index (κ3) is 3.93. The predicted octanol–water partition coefficient (Wildman–Crippen LogP) is -0.270. The monoisotopic (exact) mass is 281 g/mol. The van der Waals surface area contributed by atoms with Crippen molar-refractivity contribution in [2.45, 2.75) is 37.8 Å². The minimum absolute atomic E-state index is 0.0135. The van der Waals surface area contributed by atoms with Crippen LogP contribution in [0.5, 0.6) is 0 Å². The van der Waals surface area contributed by atoms with Crippen LogP contribution in [0, 0.1) is 0 Å². The van der Waals surface area contributed by atoms with Gasteiger partial charge in [-0.15, -0.1) is 0 Å². The third-order valence-electron chi connectivity index (χ3n) is 3.49. The smallest absolute Gasteiger partial charge is 0.151 e. The minimum atomic E-state index is -2.89. The van der Waals surface area contributed by atoms with E-state index in [1.807, 2.05) is 0 Å². The second-order valence-corrected chi connectivity index (χ2v) is 9.58. The van der Waals surface area contributed by atoms with Crippen LogP contribution in [0.3, 0.4) is 0 Å². The lowest BCUT2D eigenvalue weighted by molar-refractivity contribution is 0.390. The highest BCUT2D eigenvalue weighted by atomic mass is 32.2. The van der Waals surface area contributed by atoms with E-state index in [2.05, 4.69) is 5.32 Å². The maximum absolute atomic E-state index is 11.5. The Labute approximate surface area is 103 Å². The van der Waals surface area contributed by atoms with E-state index in [0.29, 0.717) is 25.0 Å². The summed E-state index contributed by atoms with van der Waals surface area (Å²) in [5.41, 5.74) is 0. The molecule has 2 aliphatic rings. The van der Waals surface area contributed by atoms with Crippen LogP contribution in [0.1, 0.15) is 25.7 Å². The molecule has 2 aliphatic heterocycles. The molecule has 2 saturated heterocycles. The van der Waals surface area contributed by atoms with E-state index in [1.54, 1.807) is 0 Å². The maximum Gasteiger partial charge on any atom is 0.151 e. The van der Waals surface area contributed by atoms with Crippen LogP contribution in [0.15, 0.2) is 0 Å². The van der Waals surface area contributed by atoms with E-state index in [9.17, 15) is 16.8 Å². The SMILES string of the molecule is O=S1(=O)CCC(NC2CCCS(=O)(=O)C2)CC1. The fourth-order valence-corrected chi connectivity index (χ4v) is 5.68. The molecule has 1 N–H and O–H groups in total. The van der Waals surface area contributed by atoms with Crippen LogP contribution in [0.4, 0.5) is 0 Å². The Morgan fingerprint density at radius 3 is 2.00 bits per heavy atom. The second kappa shape index (κ2) is 4.85. The van der Waals surface area contributed by atoms with Crippen LogP contribution in [0.2, 0.25) is 0 Å². The van der Waals surface area contributed by atoms with E-state index < -0.39 is 19.7 Å². The molecule has 0 aliphatic carbocycles. The van der Waals surface area contributed by atoms with Crippen molar-refractivity contribution in [1.82, 2.24) is 5.32 Å². The molecule has 2 heterocycles. The standard InChI is InChI=1S/C10H19NO4S2/c12-16(13)6-3-9(4-7-16)11-10-2-1-5-17(14,15)8-10/h9-11H,1-8H2. The predicted molar refractivity (Wildman–Crippen MR) is 66.5 cm³/mol. The van der Waals surface area contributed by atoms with Gasteiger partial charge in [0.2, 0.25) is 0 Å². The molecule has 0 aromatic heterocycles. The Bertz CT molecular complexity index is 455. The molecule has 7 heteroatoms. The van der Waals surface area contributed by atoms with Gasteiger partial charge in [0.25, 0.3) is 0 Å². The first kappa shape index (κ1) is 13.3. The molecule has 1 atom stereocenters. The molecule has 2 rings (SSSR count). The molecule has 0 bridgehead atoms. The summed E-state index contributed by atoms with van der Waals surface area (Å²) >= 11 is 0. The topological polar surface area (TPSA) is 80.3 Å². The maximum atomic E-state index is 11.5. The van der Waals surface area contributed by atoms with Crippen molar-refractivity contribution in [2.75, 3.05) is 23.0 Å². The van der Waals surface area contributed by atoms with Gasteiger partial charge < -0.3 is 5.32 Å². The van der Waals surface area contributed by atoms with Crippen molar-refractivity contribution in [3.05, 3.63) is 0 Å². The van der Waals surface area contributed by atoms with Crippen molar-refractivity contribution in [1.29, 1.82) is 0 Å². The Kier molecular flexibility index (Phi) is 3.80. The Balaban J connectivity index is 1.86. The molecular weight excluding hydrogens is 262 g/mol. The normalized spacial score (nSPS) is 33.3. The lowest BCUT2D eigenvalue weighted by atomic mass is 10.1. The molecule has 2 fully saturated rings. The number of hydrogen-bond donors (Lipinski definition) is 1. The summed E-state index contributed by atoms with van der Waals surface area (Å²) in [6.45, 7) is 0. The molecule has 5 nitrogen and oxygen atoms in total. The quantitative estimate of drug-likeness (QED) is 0.753. The molecule has 100 valence electrons. The molecule has 0 saturated carbocycles. The number of hydrogen-bond acceptors (Lipinski definition) is 5. The zero-order valence-corrected chi connectivity index (χ0v) is 11.4. The van der Waals surface area contributed by atoms with Crippen molar-refractivity contribution < 1.29 is 16.8 Å². The highest BCUT2D eigenvalue weighted by Crippen LogP contribution is 2.17. The fraction of sp³-hybridized carbons (Fsp3) is 1.00. The number of nitrogens with one attached hydrogen (secondary N) is 1. The van der Waals surface area contributed by atoms with Crippen LogP contribution < -0.4 is 5.32 Å². The number of sulfone groups is 2. The summed E-state index contributed by atoms with van der Waals surface area (Å²) in [6, 6.07) is 0.177. The first-order valence-electron chi connectivity index (χ1n) is 6.03. The fourth-order valence-electron chi connectivity index (χ4n) is 2.54. The van der Waals surface area contributed by atoms with Gasteiger partial charge in [0.15, 0.2) is 9.84 Å². The van der Waals surface area contributed by atoms with E-state index in [0.717, 1.165) is 6.42 Å². The zero-order valence-electron chi connectivity index (χ0n) is 9.76. The summed E-state index contributed by atoms with van der Waals surface area (Å²) < 4.78 is 45.5. The first-order chi connectivity index (χ1) is 7.86. The lowest BCUT2D eigenvalue weighted by Gasteiger charge is -2.30. The molecule has 0 radical (unpaired) electrons. The lowest BCUT2D eigenvalue weighted by Crippen LogP contribution is -2.47. The van der Waals surface area contributed by atoms with Gasteiger partial charge in [-0.05, 0) is 25.7 Å². The van der Waals surface area contributed by atoms with Crippen LogP contribution in [0.25, 0.3) is 0 Å². The summed E-state index contributed by atoms with van der Waals surface area (Å²) in [7, 11) is -5.72. The third-order valence-corrected chi connectivity index (χ3v) is 7.03. The highest BCUT2D eigenvalue weighted by Gasteiger charge is 2.29. The van der Waals surface area contributed by atoms with Gasteiger partial charge in [0, 0.05) is 12.1 Å². The highest BCUT2D eigenvalue weighted by molar-refractivity contribution is 7.91. The van der Waals surface area contributed by atoms with Gasteiger partial charge in [0.1, 0.15) is 9.84 Å². The van der Waals surface area contributed by atoms with Crippen molar-refractivity contribution in [3.8, 4) is 0 Å². The summed E-state index contributed by atoms with van der Waals surface area (Å²) in [5.74, 6) is 0.953. The number of rotatable bonds is 2. The van der Waals surface area contributed by atoms with Gasteiger partial charge in [-0.25, -0.2) is 16.8 Å². The van der Waals surface area contributed by atoms with Crippen LogP contribution in [-0.2, 0) is 19.7 Å². The molecule has 1 unspecified atom stereocenters. The molecule has 0 amide bonds. The van der Waals surface area contributed by atoms with Crippen molar-refractivity contribution >= 4 is 19.7 Å². The van der Waals surface area contributed by atoms with Gasteiger partial charge in [0.05, 0.1) is 23.0 Å². The second-order valence-electron chi connectivity index (χ2n) is 5.05. The van der Waals surface area contributed by atoms with Crippen LogP contribution >= 0.6 is 0 Å². The minimum Gasteiger partial charge on any atom is -0.310 e. The Morgan fingerprint density at radius 1 is 0.765 bits per heavy atom. The van der Waals surface area contributed by atoms with Gasteiger partial charge in [-0.1, -0.05) is 0 Å². The van der Waals surface area contributed by atoms with Gasteiger partial charge in [-0.2, -0.15) is 0 Å². The largest absolute Gasteiger partial charge is 0.310 e.